The zero-order chi connectivity index (χ0) is 14.8. The molecule has 0 atom stereocenters. The van der Waals surface area contributed by atoms with E-state index in [9.17, 15) is 4.79 Å². The molecule has 0 fully saturated rings. The van der Waals surface area contributed by atoms with Gasteiger partial charge in [0.05, 0.1) is 0 Å². The van der Waals surface area contributed by atoms with E-state index in [2.05, 4.69) is 35.4 Å². The van der Waals surface area contributed by atoms with Crippen LogP contribution < -0.4 is 10.6 Å². The number of rotatable bonds is 3. The molecule has 1 heterocycles. The second-order valence-electron chi connectivity index (χ2n) is 5.16. The lowest BCUT2D eigenvalue weighted by Crippen LogP contribution is -2.22. The molecule has 0 aliphatic carbocycles. The van der Waals surface area contributed by atoms with Crippen LogP contribution in [0.2, 0.25) is 0 Å². The third kappa shape index (κ3) is 2.42. The van der Waals surface area contributed by atoms with Crippen LogP contribution in [0.5, 0.6) is 0 Å². The number of nitrogens with two attached hydrogens (primary N) is 1. The molecule has 0 aromatic heterocycles. The van der Waals surface area contributed by atoms with Crippen molar-refractivity contribution in [3.8, 4) is 0 Å². The van der Waals surface area contributed by atoms with Gasteiger partial charge in [-0.05, 0) is 41.3 Å². The van der Waals surface area contributed by atoms with Gasteiger partial charge in [-0.3, -0.25) is 4.79 Å². The van der Waals surface area contributed by atoms with Crippen LogP contribution in [0.15, 0.2) is 48.7 Å². The van der Waals surface area contributed by atoms with Crippen molar-refractivity contribution in [1.29, 1.82) is 0 Å². The molecule has 3 nitrogen and oxygen atoms in total. The average Bonchev–Trinajstić information content (AvgIpc) is 2.53. The Morgan fingerprint density at radius 3 is 2.76 bits per heavy atom. The highest BCUT2D eigenvalue weighted by Gasteiger charge is 2.17. The van der Waals surface area contributed by atoms with Crippen LogP contribution in [0, 0.1) is 0 Å². The first-order valence-electron chi connectivity index (χ1n) is 7.15. The van der Waals surface area contributed by atoms with E-state index < -0.39 is 0 Å². The van der Waals surface area contributed by atoms with Crippen LogP contribution in [-0.2, 0) is 13.0 Å². The maximum Gasteiger partial charge on any atom is 0.249 e. The molecule has 0 saturated carbocycles. The number of benzene rings is 2. The Morgan fingerprint density at radius 2 is 2.00 bits per heavy atom. The number of carbonyl (C=O) groups excluding carboxylic acids is 1. The molecule has 2 N–H and O–H groups in total. The summed E-state index contributed by atoms with van der Waals surface area (Å²) in [5, 5.41) is 0. The predicted molar refractivity (Wildman–Crippen MR) is 86.0 cm³/mol. The average molecular weight is 278 g/mol. The van der Waals surface area contributed by atoms with Crippen molar-refractivity contribution in [2.45, 2.75) is 19.9 Å². The first-order chi connectivity index (χ1) is 10.2. The standard InChI is InChI=1S/C18H18N2O/c1-2-15-16(18(19)21)8-5-9-17(15)20-11-10-13-6-3-4-7-14(13)12-20/h3-11H,2,12H2,1H3,(H2,19,21). The van der Waals surface area contributed by atoms with Gasteiger partial charge in [-0.1, -0.05) is 37.3 Å². The van der Waals surface area contributed by atoms with Crippen LogP contribution in [-0.4, -0.2) is 5.91 Å². The quantitative estimate of drug-likeness (QED) is 0.936. The van der Waals surface area contributed by atoms with Gasteiger partial charge in [-0.2, -0.15) is 0 Å². The van der Waals surface area contributed by atoms with Gasteiger partial charge < -0.3 is 10.6 Å². The molecule has 3 rings (SSSR count). The topological polar surface area (TPSA) is 46.3 Å². The van der Waals surface area contributed by atoms with Crippen molar-refractivity contribution >= 4 is 17.7 Å². The van der Waals surface area contributed by atoms with Gasteiger partial charge >= 0.3 is 0 Å². The normalized spacial score (nSPS) is 13.1. The van der Waals surface area contributed by atoms with E-state index in [1.807, 2.05) is 25.1 Å². The first-order valence-corrected chi connectivity index (χ1v) is 7.15. The number of nitrogens with zero attached hydrogens (tertiary/aromatic N) is 1. The summed E-state index contributed by atoms with van der Waals surface area (Å²) in [6.45, 7) is 2.86. The van der Waals surface area contributed by atoms with E-state index in [0.29, 0.717) is 5.56 Å². The monoisotopic (exact) mass is 278 g/mol. The number of hydrogen-bond acceptors (Lipinski definition) is 2. The molecule has 1 amide bonds. The van der Waals surface area contributed by atoms with Crippen molar-refractivity contribution in [2.24, 2.45) is 5.73 Å². The van der Waals surface area contributed by atoms with Gasteiger partial charge in [0.15, 0.2) is 0 Å². The van der Waals surface area contributed by atoms with Crippen molar-refractivity contribution in [3.05, 3.63) is 70.9 Å². The highest BCUT2D eigenvalue weighted by molar-refractivity contribution is 5.96. The van der Waals surface area contributed by atoms with Crippen LogP contribution in [0.4, 0.5) is 5.69 Å². The molecule has 0 spiro atoms. The van der Waals surface area contributed by atoms with Crippen molar-refractivity contribution < 1.29 is 4.79 Å². The van der Waals surface area contributed by atoms with Crippen molar-refractivity contribution in [1.82, 2.24) is 0 Å². The van der Waals surface area contributed by atoms with Gasteiger partial charge in [0.25, 0.3) is 0 Å². The minimum Gasteiger partial charge on any atom is -0.366 e. The Labute approximate surface area is 124 Å². The Kier molecular flexibility index (Phi) is 3.48. The maximum absolute atomic E-state index is 11.6. The third-order valence-electron chi connectivity index (χ3n) is 3.91. The minimum absolute atomic E-state index is 0.366. The lowest BCUT2D eigenvalue weighted by Gasteiger charge is -2.28. The number of hydrogen-bond donors (Lipinski definition) is 1. The van der Waals surface area contributed by atoms with Gasteiger partial charge in [-0.25, -0.2) is 0 Å². The van der Waals surface area contributed by atoms with E-state index in [4.69, 9.17) is 5.73 Å². The summed E-state index contributed by atoms with van der Waals surface area (Å²) in [7, 11) is 0. The molecule has 2 aromatic carbocycles. The lowest BCUT2D eigenvalue weighted by molar-refractivity contribution is 0.0999. The van der Waals surface area contributed by atoms with Crippen LogP contribution in [0.3, 0.4) is 0 Å². The molecule has 0 unspecified atom stereocenters. The smallest absolute Gasteiger partial charge is 0.249 e. The molecule has 0 radical (unpaired) electrons. The molecule has 21 heavy (non-hydrogen) atoms. The summed E-state index contributed by atoms with van der Waals surface area (Å²) in [4.78, 5) is 13.8. The zero-order valence-corrected chi connectivity index (χ0v) is 12.0. The van der Waals surface area contributed by atoms with E-state index >= 15 is 0 Å². The van der Waals surface area contributed by atoms with Gasteiger partial charge in [0, 0.05) is 24.0 Å². The fourth-order valence-corrected chi connectivity index (χ4v) is 2.86. The van der Waals surface area contributed by atoms with Crippen LogP contribution in [0.1, 0.15) is 34.0 Å². The zero-order valence-electron chi connectivity index (χ0n) is 12.0. The molecule has 106 valence electrons. The highest BCUT2D eigenvalue weighted by atomic mass is 16.1. The van der Waals surface area contributed by atoms with E-state index in [-0.39, 0.29) is 5.91 Å². The first kappa shape index (κ1) is 13.4. The second kappa shape index (κ2) is 5.44. The molecular weight excluding hydrogens is 260 g/mol. The van der Waals surface area contributed by atoms with Crippen molar-refractivity contribution in [3.63, 3.8) is 0 Å². The molecule has 0 bridgehead atoms. The predicted octanol–water partition coefficient (Wildman–Crippen LogP) is 3.34. The fourth-order valence-electron chi connectivity index (χ4n) is 2.86. The summed E-state index contributed by atoms with van der Waals surface area (Å²) < 4.78 is 0. The largest absolute Gasteiger partial charge is 0.366 e. The van der Waals surface area contributed by atoms with Crippen LogP contribution in [0.25, 0.3) is 6.08 Å². The lowest BCUT2D eigenvalue weighted by atomic mass is 9.99. The summed E-state index contributed by atoms with van der Waals surface area (Å²) >= 11 is 0. The summed E-state index contributed by atoms with van der Waals surface area (Å²) in [6, 6.07) is 14.1. The number of carbonyl (C=O) groups is 1. The molecule has 3 heteroatoms. The Bertz CT molecular complexity index is 719. The Hall–Kier alpha value is -2.55. The molecule has 1 aliphatic heterocycles. The van der Waals surface area contributed by atoms with E-state index in [1.54, 1.807) is 6.07 Å². The van der Waals surface area contributed by atoms with Crippen molar-refractivity contribution in [2.75, 3.05) is 4.90 Å². The van der Waals surface area contributed by atoms with Crippen LogP contribution >= 0.6 is 0 Å². The number of primary amides is 1. The molecule has 0 saturated heterocycles. The van der Waals surface area contributed by atoms with Gasteiger partial charge in [-0.15, -0.1) is 0 Å². The number of fused-ring (bicyclic) bond motifs is 1. The Balaban J connectivity index is 2.03. The van der Waals surface area contributed by atoms with Gasteiger partial charge in [0.1, 0.15) is 0 Å². The number of anilines is 1. The maximum atomic E-state index is 11.6. The summed E-state index contributed by atoms with van der Waals surface area (Å²) in [6.07, 6.45) is 4.96. The molecule has 2 aromatic rings. The number of amides is 1. The minimum atomic E-state index is -0.366. The molecule has 1 aliphatic rings. The van der Waals surface area contributed by atoms with E-state index in [0.717, 1.165) is 24.2 Å². The van der Waals surface area contributed by atoms with Gasteiger partial charge in [0.2, 0.25) is 5.91 Å². The summed E-state index contributed by atoms with van der Waals surface area (Å²) in [5.74, 6) is -0.366. The molecular formula is C18H18N2O. The summed E-state index contributed by atoms with van der Waals surface area (Å²) in [5.41, 5.74) is 10.7. The third-order valence-corrected chi connectivity index (χ3v) is 3.91. The SMILES string of the molecule is CCc1c(C(N)=O)cccc1N1C=Cc2ccccc2C1. The fraction of sp³-hybridized carbons (Fsp3) is 0.167. The van der Waals surface area contributed by atoms with E-state index in [1.165, 1.54) is 11.1 Å². The second-order valence-corrected chi connectivity index (χ2v) is 5.16. The highest BCUT2D eigenvalue weighted by Crippen LogP contribution is 2.30. The Morgan fingerprint density at radius 1 is 1.19 bits per heavy atom.